The summed E-state index contributed by atoms with van der Waals surface area (Å²) in [6.45, 7) is 3.83. The second kappa shape index (κ2) is 5.70. The molecule has 80 valence electrons. The molecule has 1 rings (SSSR count). The number of aliphatic carboxylic acids is 1. The van der Waals surface area contributed by atoms with Crippen LogP contribution in [0.4, 0.5) is 5.69 Å². The Morgan fingerprint density at radius 1 is 1.53 bits per heavy atom. The highest BCUT2D eigenvalue weighted by molar-refractivity contribution is 5.68. The van der Waals surface area contributed by atoms with E-state index in [0.29, 0.717) is 12.3 Å². The third-order valence-corrected chi connectivity index (χ3v) is 1.75. The van der Waals surface area contributed by atoms with Crippen LogP contribution in [0.3, 0.4) is 0 Å². The van der Waals surface area contributed by atoms with Gasteiger partial charge in [0.1, 0.15) is 5.75 Å². The lowest BCUT2D eigenvalue weighted by Crippen LogP contribution is -2.08. The maximum absolute atomic E-state index is 10.3. The molecule has 4 nitrogen and oxygen atoms in total. The van der Waals surface area contributed by atoms with E-state index in [0.717, 1.165) is 5.69 Å². The lowest BCUT2D eigenvalue weighted by Gasteiger charge is -2.09. The summed E-state index contributed by atoms with van der Waals surface area (Å²) in [7, 11) is 0. The smallest absolute Gasteiger partial charge is 0.305 e. The molecule has 15 heavy (non-hydrogen) atoms. The largest absolute Gasteiger partial charge is 0.481 e. The van der Waals surface area contributed by atoms with Crippen molar-refractivity contribution < 1.29 is 14.6 Å². The second-order valence-corrected chi connectivity index (χ2v) is 2.85. The molecule has 0 heterocycles. The van der Waals surface area contributed by atoms with Gasteiger partial charge < -0.3 is 15.2 Å². The fourth-order valence-corrected chi connectivity index (χ4v) is 1.11. The minimum absolute atomic E-state index is 0.0718. The van der Waals surface area contributed by atoms with Crippen molar-refractivity contribution in [1.82, 2.24) is 0 Å². The molecule has 0 aliphatic carbocycles. The molecule has 0 spiro atoms. The first kappa shape index (κ1) is 11.1. The molecule has 0 aliphatic rings. The van der Waals surface area contributed by atoms with E-state index in [2.05, 4.69) is 11.9 Å². The Kier molecular flexibility index (Phi) is 4.22. The first-order valence-corrected chi connectivity index (χ1v) is 4.56. The van der Waals surface area contributed by atoms with Gasteiger partial charge in [0.2, 0.25) is 0 Å². The lowest BCUT2D eigenvalue weighted by molar-refractivity contribution is -0.136. The summed E-state index contributed by atoms with van der Waals surface area (Å²) < 4.78 is 5.15. The number of carboxylic acids is 1. The molecule has 0 aromatic heterocycles. The van der Waals surface area contributed by atoms with Gasteiger partial charge in [-0.15, -0.1) is 0 Å². The highest BCUT2D eigenvalue weighted by atomic mass is 16.5. The van der Waals surface area contributed by atoms with Gasteiger partial charge in [-0.25, -0.2) is 0 Å². The van der Waals surface area contributed by atoms with Gasteiger partial charge >= 0.3 is 5.97 Å². The molecule has 1 aromatic rings. The fourth-order valence-electron chi connectivity index (χ4n) is 1.11. The van der Waals surface area contributed by atoms with E-state index in [4.69, 9.17) is 9.84 Å². The molecule has 4 heteroatoms. The quantitative estimate of drug-likeness (QED) is 0.701. The topological polar surface area (TPSA) is 58.6 Å². The molecule has 0 fully saturated rings. The van der Waals surface area contributed by atoms with Crippen molar-refractivity contribution in [3.05, 3.63) is 37.1 Å². The number of hydrogen-bond acceptors (Lipinski definition) is 3. The number of ether oxygens (including phenoxy) is 1. The molecule has 0 amide bonds. The molecule has 0 saturated carbocycles. The molecule has 1 aromatic carbocycles. The van der Waals surface area contributed by atoms with Gasteiger partial charge in [-0.05, 0) is 12.1 Å². The van der Waals surface area contributed by atoms with E-state index in [9.17, 15) is 4.79 Å². The van der Waals surface area contributed by atoms with E-state index in [-0.39, 0.29) is 6.42 Å². The predicted molar refractivity (Wildman–Crippen MR) is 58.0 cm³/mol. The average molecular weight is 207 g/mol. The van der Waals surface area contributed by atoms with Crippen LogP contribution in [-0.2, 0) is 4.79 Å². The van der Waals surface area contributed by atoms with Crippen LogP contribution in [0.1, 0.15) is 6.42 Å². The summed E-state index contributed by atoms with van der Waals surface area (Å²) in [5.41, 5.74) is 0.763. The number of benzene rings is 1. The highest BCUT2D eigenvalue weighted by Gasteiger charge is 2.01. The van der Waals surface area contributed by atoms with Crippen LogP contribution in [-0.4, -0.2) is 17.6 Å². The van der Waals surface area contributed by atoms with Crippen LogP contribution < -0.4 is 10.1 Å². The summed E-state index contributed by atoms with van der Waals surface area (Å²) in [5.74, 6) is -0.192. The Bertz CT molecular complexity index is 349. The van der Waals surface area contributed by atoms with Gasteiger partial charge in [0.15, 0.2) is 0 Å². The Labute approximate surface area is 88.2 Å². The van der Waals surface area contributed by atoms with Gasteiger partial charge in [-0.3, -0.25) is 4.79 Å². The van der Waals surface area contributed by atoms with E-state index < -0.39 is 5.97 Å². The van der Waals surface area contributed by atoms with Crippen molar-refractivity contribution in [3.8, 4) is 5.75 Å². The molecular weight excluding hydrogens is 194 g/mol. The summed E-state index contributed by atoms with van der Waals surface area (Å²) in [6, 6.07) is 7.28. The zero-order valence-electron chi connectivity index (χ0n) is 8.27. The zero-order valence-corrected chi connectivity index (χ0v) is 8.27. The van der Waals surface area contributed by atoms with Gasteiger partial charge in [0.25, 0.3) is 0 Å². The molecule has 0 radical (unpaired) electrons. The second-order valence-electron chi connectivity index (χ2n) is 2.85. The van der Waals surface area contributed by atoms with Gasteiger partial charge in [0.05, 0.1) is 18.4 Å². The fraction of sp³-hybridized carbons (Fsp3) is 0.182. The van der Waals surface area contributed by atoms with Crippen LogP contribution >= 0.6 is 0 Å². The average Bonchev–Trinajstić information content (AvgIpc) is 2.20. The monoisotopic (exact) mass is 207 g/mol. The molecule has 0 unspecified atom stereocenters. The van der Waals surface area contributed by atoms with Crippen LogP contribution in [0.2, 0.25) is 0 Å². The van der Waals surface area contributed by atoms with Crippen LogP contribution in [0.5, 0.6) is 5.75 Å². The molecule has 2 N–H and O–H groups in total. The predicted octanol–water partition coefficient (Wildman–Crippen LogP) is 2.10. The first-order chi connectivity index (χ1) is 7.24. The van der Waals surface area contributed by atoms with Crippen LogP contribution in [0.15, 0.2) is 37.1 Å². The van der Waals surface area contributed by atoms with Crippen molar-refractivity contribution in [2.75, 3.05) is 11.9 Å². The van der Waals surface area contributed by atoms with Crippen LogP contribution in [0, 0.1) is 0 Å². The minimum Gasteiger partial charge on any atom is -0.481 e. The van der Waals surface area contributed by atoms with Gasteiger partial charge in [-0.2, -0.15) is 0 Å². The third-order valence-electron chi connectivity index (χ3n) is 1.75. The van der Waals surface area contributed by atoms with Gasteiger partial charge in [-0.1, -0.05) is 18.7 Å². The van der Waals surface area contributed by atoms with Gasteiger partial charge in [0, 0.05) is 6.54 Å². The van der Waals surface area contributed by atoms with Crippen molar-refractivity contribution >= 4 is 11.7 Å². The number of para-hydroxylation sites is 2. The normalized spacial score (nSPS) is 9.33. The summed E-state index contributed by atoms with van der Waals surface area (Å²) >= 11 is 0. The minimum atomic E-state index is -0.829. The van der Waals surface area contributed by atoms with Crippen molar-refractivity contribution in [1.29, 1.82) is 0 Å². The zero-order chi connectivity index (χ0) is 11.1. The number of carbonyl (C=O) groups is 1. The SMILES string of the molecule is C=COc1ccccc1NCCC(=O)O. The number of anilines is 1. The molecule has 0 saturated heterocycles. The molecule has 0 aliphatic heterocycles. The summed E-state index contributed by atoms with van der Waals surface area (Å²) in [4.78, 5) is 10.3. The molecule has 0 atom stereocenters. The number of hydrogen-bond donors (Lipinski definition) is 2. The van der Waals surface area contributed by atoms with Crippen molar-refractivity contribution in [2.24, 2.45) is 0 Å². The Hall–Kier alpha value is -1.97. The van der Waals surface area contributed by atoms with E-state index >= 15 is 0 Å². The number of carboxylic acid groups (broad SMARTS) is 1. The standard InChI is InChI=1S/C11H13NO3/c1-2-15-10-6-4-3-5-9(10)12-8-7-11(13)14/h2-6,12H,1,7-8H2,(H,13,14). The van der Waals surface area contributed by atoms with E-state index in [1.165, 1.54) is 6.26 Å². The van der Waals surface area contributed by atoms with E-state index in [1.807, 2.05) is 18.2 Å². The maximum atomic E-state index is 10.3. The first-order valence-electron chi connectivity index (χ1n) is 4.56. The third kappa shape index (κ3) is 3.72. The Balaban J connectivity index is 2.58. The van der Waals surface area contributed by atoms with Crippen LogP contribution in [0.25, 0.3) is 0 Å². The molecule has 0 bridgehead atoms. The molecular formula is C11H13NO3. The summed E-state index contributed by atoms with van der Waals surface area (Å²) in [6.07, 6.45) is 1.40. The number of rotatable bonds is 6. The Morgan fingerprint density at radius 3 is 2.93 bits per heavy atom. The lowest BCUT2D eigenvalue weighted by atomic mass is 10.3. The van der Waals surface area contributed by atoms with E-state index in [1.54, 1.807) is 6.07 Å². The maximum Gasteiger partial charge on any atom is 0.305 e. The highest BCUT2D eigenvalue weighted by Crippen LogP contribution is 2.23. The van der Waals surface area contributed by atoms with Crippen molar-refractivity contribution in [3.63, 3.8) is 0 Å². The Morgan fingerprint density at radius 2 is 2.27 bits per heavy atom. The van der Waals surface area contributed by atoms with Crippen molar-refractivity contribution in [2.45, 2.75) is 6.42 Å². The number of nitrogens with one attached hydrogen (secondary N) is 1. The summed E-state index contributed by atoms with van der Waals surface area (Å²) in [5, 5.41) is 11.5.